The summed E-state index contributed by atoms with van der Waals surface area (Å²) >= 11 is 1.45. The number of carbonyl (C=O) groups is 1. The topological polar surface area (TPSA) is 85.6 Å². The number of thiophene rings is 1. The first-order chi connectivity index (χ1) is 18.0. The fraction of sp³-hybridized carbons (Fsp3) is 0.103. The number of hydrogen-bond donors (Lipinski definition) is 1. The van der Waals surface area contributed by atoms with Crippen LogP contribution >= 0.6 is 11.3 Å². The van der Waals surface area contributed by atoms with Crippen molar-refractivity contribution in [2.45, 2.75) is 20.1 Å². The summed E-state index contributed by atoms with van der Waals surface area (Å²) in [5, 5.41) is 4.50. The Morgan fingerprint density at radius 3 is 2.57 bits per heavy atom. The third-order valence-electron chi connectivity index (χ3n) is 5.70. The summed E-state index contributed by atoms with van der Waals surface area (Å²) in [6.45, 7) is 2.36. The molecule has 0 radical (unpaired) electrons. The first kappa shape index (κ1) is 24.1. The van der Waals surface area contributed by atoms with Crippen molar-refractivity contribution in [1.82, 2.24) is 15.0 Å². The lowest BCUT2D eigenvalue weighted by Crippen LogP contribution is -2.29. The number of amides is 1. The Morgan fingerprint density at radius 1 is 1.05 bits per heavy atom. The zero-order valence-corrected chi connectivity index (χ0v) is 20.9. The summed E-state index contributed by atoms with van der Waals surface area (Å²) in [4.78, 5) is 31.2. The third kappa shape index (κ3) is 5.99. The number of hydrogen-bond acceptors (Lipinski definition) is 6. The minimum Gasteiger partial charge on any atom is -0.489 e. The van der Waals surface area contributed by atoms with E-state index in [-0.39, 0.29) is 12.1 Å². The van der Waals surface area contributed by atoms with Gasteiger partial charge in [-0.1, -0.05) is 60.2 Å². The first-order valence-corrected chi connectivity index (χ1v) is 12.5. The maximum atomic E-state index is 12.9. The van der Waals surface area contributed by atoms with Crippen molar-refractivity contribution < 1.29 is 9.53 Å². The van der Waals surface area contributed by atoms with Crippen LogP contribution in [0.1, 0.15) is 16.7 Å². The number of carbonyl (C=O) groups excluding carboxylic acids is 1. The molecule has 7 nitrogen and oxygen atoms in total. The largest absolute Gasteiger partial charge is 0.489 e. The highest BCUT2D eigenvalue weighted by molar-refractivity contribution is 7.21. The standard InChI is InChI=1S/C29H24N4O3S/c1-20-7-9-22(10-8-20)18-36-24-13-11-21(12-14-24)16-31-32-27(34)17-33-19-30-28-25(29(33)35)15-26(37-28)23-5-3-2-4-6-23/h2-16,19H,17-18H2,1H3,(H,32,34). The molecule has 37 heavy (non-hydrogen) atoms. The van der Waals surface area contributed by atoms with Gasteiger partial charge < -0.3 is 4.74 Å². The van der Waals surface area contributed by atoms with E-state index >= 15 is 0 Å². The van der Waals surface area contributed by atoms with Gasteiger partial charge in [-0.15, -0.1) is 11.3 Å². The Morgan fingerprint density at radius 2 is 1.81 bits per heavy atom. The molecule has 5 aromatic rings. The molecule has 0 bridgehead atoms. The van der Waals surface area contributed by atoms with E-state index in [2.05, 4.69) is 34.6 Å². The fourth-order valence-electron chi connectivity index (χ4n) is 3.69. The molecule has 0 atom stereocenters. The minimum atomic E-state index is -0.420. The van der Waals surface area contributed by atoms with Gasteiger partial charge in [-0.05, 0) is 53.9 Å². The van der Waals surface area contributed by atoms with Crippen molar-refractivity contribution in [3.05, 3.63) is 118 Å². The maximum Gasteiger partial charge on any atom is 0.262 e. The lowest BCUT2D eigenvalue weighted by Gasteiger charge is -2.07. The van der Waals surface area contributed by atoms with Gasteiger partial charge >= 0.3 is 0 Å². The van der Waals surface area contributed by atoms with Crippen molar-refractivity contribution in [2.24, 2.45) is 5.10 Å². The van der Waals surface area contributed by atoms with Crippen molar-refractivity contribution >= 4 is 33.7 Å². The molecule has 0 unspecified atom stereocenters. The first-order valence-electron chi connectivity index (χ1n) is 11.7. The predicted molar refractivity (Wildman–Crippen MR) is 147 cm³/mol. The second-order valence-electron chi connectivity index (χ2n) is 8.51. The van der Waals surface area contributed by atoms with Gasteiger partial charge in [0, 0.05) is 4.88 Å². The third-order valence-corrected chi connectivity index (χ3v) is 6.79. The number of ether oxygens (including phenoxy) is 1. The average Bonchev–Trinajstić information content (AvgIpc) is 3.37. The van der Waals surface area contributed by atoms with Crippen molar-refractivity contribution in [2.75, 3.05) is 0 Å². The number of rotatable bonds is 8. The van der Waals surface area contributed by atoms with E-state index in [1.54, 1.807) is 0 Å². The summed E-state index contributed by atoms with van der Waals surface area (Å²) in [7, 11) is 0. The van der Waals surface area contributed by atoms with Crippen LogP contribution in [-0.2, 0) is 17.9 Å². The minimum absolute atomic E-state index is 0.179. The van der Waals surface area contributed by atoms with Gasteiger partial charge in [0.1, 0.15) is 23.7 Å². The zero-order chi connectivity index (χ0) is 25.6. The molecule has 1 amide bonds. The molecule has 0 saturated heterocycles. The monoisotopic (exact) mass is 508 g/mol. The van der Waals surface area contributed by atoms with E-state index in [0.29, 0.717) is 16.8 Å². The van der Waals surface area contributed by atoms with Gasteiger partial charge in [0.05, 0.1) is 17.9 Å². The van der Waals surface area contributed by atoms with Crippen LogP contribution < -0.4 is 15.7 Å². The molecule has 0 aliphatic carbocycles. The van der Waals surface area contributed by atoms with E-state index < -0.39 is 5.91 Å². The Kier molecular flexibility index (Phi) is 7.19. The Hall–Kier alpha value is -4.56. The second-order valence-corrected chi connectivity index (χ2v) is 9.54. The summed E-state index contributed by atoms with van der Waals surface area (Å²) in [6, 6.07) is 27.2. The smallest absolute Gasteiger partial charge is 0.262 e. The van der Waals surface area contributed by atoms with Crippen LogP contribution in [0.5, 0.6) is 5.75 Å². The predicted octanol–water partition coefficient (Wildman–Crippen LogP) is 5.16. The normalized spacial score (nSPS) is 11.2. The number of nitrogens with zero attached hydrogens (tertiary/aromatic N) is 3. The fourth-order valence-corrected chi connectivity index (χ4v) is 4.68. The number of nitrogens with one attached hydrogen (secondary N) is 1. The van der Waals surface area contributed by atoms with E-state index in [9.17, 15) is 9.59 Å². The molecular formula is C29H24N4O3S. The number of fused-ring (bicyclic) bond motifs is 1. The summed E-state index contributed by atoms with van der Waals surface area (Å²) in [6.07, 6.45) is 2.94. The van der Waals surface area contributed by atoms with Crippen LogP contribution in [0.3, 0.4) is 0 Å². The molecule has 0 saturated carbocycles. The van der Waals surface area contributed by atoms with Crippen LogP contribution in [-0.4, -0.2) is 21.7 Å². The molecule has 0 fully saturated rings. The van der Waals surface area contributed by atoms with Gasteiger partial charge in [0.2, 0.25) is 0 Å². The lowest BCUT2D eigenvalue weighted by molar-refractivity contribution is -0.121. The highest BCUT2D eigenvalue weighted by Gasteiger charge is 2.12. The van der Waals surface area contributed by atoms with Crippen molar-refractivity contribution in [3.8, 4) is 16.2 Å². The molecule has 184 valence electrons. The molecular weight excluding hydrogens is 484 g/mol. The Labute approximate surface area is 217 Å². The zero-order valence-electron chi connectivity index (χ0n) is 20.1. The van der Waals surface area contributed by atoms with Crippen molar-refractivity contribution in [1.29, 1.82) is 0 Å². The van der Waals surface area contributed by atoms with Crippen molar-refractivity contribution in [3.63, 3.8) is 0 Å². The molecule has 2 heterocycles. The second kappa shape index (κ2) is 11.0. The molecule has 1 N–H and O–H groups in total. The Bertz CT molecular complexity index is 1610. The molecule has 8 heteroatoms. The molecule has 3 aromatic carbocycles. The molecule has 5 rings (SSSR count). The van der Waals surface area contributed by atoms with Crippen LogP contribution in [0.4, 0.5) is 0 Å². The van der Waals surface area contributed by atoms with Gasteiger partial charge in [-0.3, -0.25) is 14.2 Å². The summed E-state index contributed by atoms with van der Waals surface area (Å²) < 4.78 is 7.10. The van der Waals surface area contributed by atoms with Gasteiger partial charge in [-0.25, -0.2) is 10.4 Å². The molecule has 0 spiro atoms. The Balaban J connectivity index is 1.16. The van der Waals surface area contributed by atoms with E-state index in [1.165, 1.54) is 34.0 Å². The number of aromatic nitrogens is 2. The molecule has 2 aromatic heterocycles. The van der Waals surface area contributed by atoms with Crippen LogP contribution in [0.15, 0.2) is 101 Å². The van der Waals surface area contributed by atoms with Crippen LogP contribution in [0.25, 0.3) is 20.7 Å². The highest BCUT2D eigenvalue weighted by atomic mass is 32.1. The van der Waals surface area contributed by atoms with E-state index in [1.807, 2.05) is 72.8 Å². The summed E-state index contributed by atoms with van der Waals surface area (Å²) in [5.41, 5.74) is 6.34. The average molecular weight is 509 g/mol. The quantitative estimate of drug-likeness (QED) is 0.232. The molecule has 0 aliphatic rings. The van der Waals surface area contributed by atoms with Gasteiger partial charge in [0.25, 0.3) is 11.5 Å². The number of aryl methyl sites for hydroxylation is 1. The summed E-state index contributed by atoms with van der Waals surface area (Å²) in [5.74, 6) is 0.323. The van der Waals surface area contributed by atoms with E-state index in [4.69, 9.17) is 4.74 Å². The SMILES string of the molecule is Cc1ccc(COc2ccc(C=NNC(=O)Cn3cnc4sc(-c5ccccc5)cc4c3=O)cc2)cc1. The van der Waals surface area contributed by atoms with Gasteiger partial charge in [-0.2, -0.15) is 5.10 Å². The lowest BCUT2D eigenvalue weighted by atomic mass is 10.2. The molecule has 0 aliphatic heterocycles. The number of hydrazone groups is 1. The number of benzene rings is 3. The van der Waals surface area contributed by atoms with Crippen LogP contribution in [0, 0.1) is 6.92 Å². The van der Waals surface area contributed by atoms with Crippen LogP contribution in [0.2, 0.25) is 0 Å². The van der Waals surface area contributed by atoms with E-state index in [0.717, 1.165) is 27.3 Å². The maximum absolute atomic E-state index is 12.9. The van der Waals surface area contributed by atoms with Gasteiger partial charge in [0.15, 0.2) is 0 Å². The highest BCUT2D eigenvalue weighted by Crippen LogP contribution is 2.30.